The smallest absolute Gasteiger partial charge is 0.268 e. The average Bonchev–Trinajstić information content (AvgIpc) is 2.41. The summed E-state index contributed by atoms with van der Waals surface area (Å²) in [6, 6.07) is 5.37. The highest BCUT2D eigenvalue weighted by molar-refractivity contribution is 6.00. The first-order valence-electron chi connectivity index (χ1n) is 6.04. The van der Waals surface area contributed by atoms with Gasteiger partial charge in [-0.05, 0) is 24.1 Å². The first-order chi connectivity index (χ1) is 8.71. The first kappa shape index (κ1) is 12.6. The standard InChI is InChI=1S/C14H17NO3/c1-3-7-15-11-6-5-10(9-16)8-13(11)18-12(4-2)14(15)17/h3,5-6,8,12,16H,1,4,7,9H2,2H3. The third-order valence-electron chi connectivity index (χ3n) is 2.99. The number of hydrogen-bond donors (Lipinski definition) is 1. The van der Waals surface area contributed by atoms with E-state index < -0.39 is 6.10 Å². The molecule has 1 aromatic rings. The van der Waals surface area contributed by atoms with Crippen molar-refractivity contribution >= 4 is 11.6 Å². The maximum Gasteiger partial charge on any atom is 0.268 e. The van der Waals surface area contributed by atoms with Crippen molar-refractivity contribution in [3.8, 4) is 5.75 Å². The van der Waals surface area contributed by atoms with E-state index in [0.717, 1.165) is 11.3 Å². The van der Waals surface area contributed by atoms with Gasteiger partial charge in [0.05, 0.1) is 12.3 Å². The van der Waals surface area contributed by atoms with E-state index in [4.69, 9.17) is 9.84 Å². The molecule has 96 valence electrons. The Bertz CT molecular complexity index is 470. The molecule has 0 aliphatic carbocycles. The van der Waals surface area contributed by atoms with Crippen molar-refractivity contribution < 1.29 is 14.6 Å². The molecule has 0 saturated heterocycles. The van der Waals surface area contributed by atoms with Crippen molar-refractivity contribution in [3.63, 3.8) is 0 Å². The van der Waals surface area contributed by atoms with Crippen LogP contribution in [0, 0.1) is 0 Å². The molecule has 0 bridgehead atoms. The van der Waals surface area contributed by atoms with Crippen molar-refractivity contribution in [1.29, 1.82) is 0 Å². The molecule has 4 nitrogen and oxygen atoms in total. The van der Waals surface area contributed by atoms with E-state index in [1.54, 1.807) is 29.2 Å². The normalized spacial score (nSPS) is 18.2. The molecule has 0 radical (unpaired) electrons. The highest BCUT2D eigenvalue weighted by Gasteiger charge is 2.32. The number of carbonyl (C=O) groups is 1. The summed E-state index contributed by atoms with van der Waals surface area (Å²) in [6.45, 7) is 6.01. The van der Waals surface area contributed by atoms with Crippen LogP contribution in [-0.2, 0) is 11.4 Å². The summed E-state index contributed by atoms with van der Waals surface area (Å²) in [5.74, 6) is 0.608. The van der Waals surface area contributed by atoms with E-state index in [1.165, 1.54) is 0 Å². The van der Waals surface area contributed by atoms with Gasteiger partial charge >= 0.3 is 0 Å². The Hall–Kier alpha value is -1.81. The SMILES string of the molecule is C=CCN1C(=O)C(CC)Oc2cc(CO)ccc21. The second-order valence-electron chi connectivity index (χ2n) is 4.21. The molecule has 4 heteroatoms. The molecule has 1 aliphatic heterocycles. The molecular formula is C14H17NO3. The van der Waals surface area contributed by atoms with Crippen molar-refractivity contribution in [3.05, 3.63) is 36.4 Å². The zero-order valence-corrected chi connectivity index (χ0v) is 10.4. The first-order valence-corrected chi connectivity index (χ1v) is 6.04. The van der Waals surface area contributed by atoms with Gasteiger partial charge in [-0.1, -0.05) is 19.1 Å². The maximum absolute atomic E-state index is 12.2. The van der Waals surface area contributed by atoms with Crippen molar-refractivity contribution in [2.24, 2.45) is 0 Å². The highest BCUT2D eigenvalue weighted by Crippen LogP contribution is 2.35. The minimum atomic E-state index is -0.452. The summed E-state index contributed by atoms with van der Waals surface area (Å²) in [5.41, 5.74) is 1.51. The molecule has 2 rings (SSSR count). The fraction of sp³-hybridized carbons (Fsp3) is 0.357. The van der Waals surface area contributed by atoms with E-state index in [9.17, 15) is 4.79 Å². The van der Waals surface area contributed by atoms with Crippen LogP contribution in [0.1, 0.15) is 18.9 Å². The summed E-state index contributed by atoms with van der Waals surface area (Å²) in [4.78, 5) is 13.8. The van der Waals surface area contributed by atoms with Gasteiger partial charge in [0.1, 0.15) is 5.75 Å². The molecule has 1 amide bonds. The number of aliphatic hydroxyl groups is 1. The molecule has 1 N–H and O–H groups in total. The van der Waals surface area contributed by atoms with Crippen molar-refractivity contribution in [1.82, 2.24) is 0 Å². The van der Waals surface area contributed by atoms with Gasteiger partial charge in [0, 0.05) is 6.54 Å². The molecule has 1 atom stereocenters. The quantitative estimate of drug-likeness (QED) is 0.826. The highest BCUT2D eigenvalue weighted by atomic mass is 16.5. The van der Waals surface area contributed by atoms with Crippen LogP contribution in [0.3, 0.4) is 0 Å². The van der Waals surface area contributed by atoms with E-state index in [0.29, 0.717) is 18.7 Å². The summed E-state index contributed by atoms with van der Waals surface area (Å²) in [6.07, 6.45) is 1.86. The fourth-order valence-corrected chi connectivity index (χ4v) is 2.05. The summed E-state index contributed by atoms with van der Waals surface area (Å²) in [7, 11) is 0. The number of ether oxygens (including phenoxy) is 1. The Morgan fingerprint density at radius 1 is 1.56 bits per heavy atom. The number of fused-ring (bicyclic) bond motifs is 1. The Balaban J connectivity index is 2.44. The third kappa shape index (κ3) is 2.11. The van der Waals surface area contributed by atoms with Crippen LogP contribution in [0.25, 0.3) is 0 Å². The Labute approximate surface area is 106 Å². The largest absolute Gasteiger partial charge is 0.478 e. The molecule has 0 fully saturated rings. The molecule has 1 unspecified atom stereocenters. The lowest BCUT2D eigenvalue weighted by Crippen LogP contribution is -2.45. The number of aliphatic hydroxyl groups excluding tert-OH is 1. The van der Waals surface area contributed by atoms with E-state index in [2.05, 4.69) is 6.58 Å². The van der Waals surface area contributed by atoms with Crippen LogP contribution in [0.2, 0.25) is 0 Å². The Kier molecular flexibility index (Phi) is 3.67. The second-order valence-corrected chi connectivity index (χ2v) is 4.21. The van der Waals surface area contributed by atoms with Crippen molar-refractivity contribution in [2.45, 2.75) is 26.1 Å². The predicted molar refractivity (Wildman–Crippen MR) is 69.6 cm³/mol. The van der Waals surface area contributed by atoms with E-state index in [1.807, 2.05) is 6.92 Å². The lowest BCUT2D eigenvalue weighted by Gasteiger charge is -2.33. The van der Waals surface area contributed by atoms with Crippen LogP contribution >= 0.6 is 0 Å². The van der Waals surface area contributed by atoms with Crippen molar-refractivity contribution in [2.75, 3.05) is 11.4 Å². The van der Waals surface area contributed by atoms with Gasteiger partial charge in [-0.3, -0.25) is 4.79 Å². The Morgan fingerprint density at radius 3 is 2.94 bits per heavy atom. The van der Waals surface area contributed by atoms with Crippen LogP contribution in [0.4, 0.5) is 5.69 Å². The number of anilines is 1. The van der Waals surface area contributed by atoms with Gasteiger partial charge in [-0.25, -0.2) is 0 Å². The molecular weight excluding hydrogens is 230 g/mol. The number of carbonyl (C=O) groups excluding carboxylic acids is 1. The Morgan fingerprint density at radius 2 is 2.33 bits per heavy atom. The lowest BCUT2D eigenvalue weighted by molar-refractivity contribution is -0.126. The van der Waals surface area contributed by atoms with Crippen LogP contribution in [-0.4, -0.2) is 23.7 Å². The van der Waals surface area contributed by atoms with Gasteiger partial charge in [0.15, 0.2) is 6.10 Å². The molecule has 0 aromatic heterocycles. The summed E-state index contributed by atoms with van der Waals surface area (Å²) in [5, 5.41) is 9.13. The molecule has 1 aliphatic rings. The number of hydrogen-bond acceptors (Lipinski definition) is 3. The summed E-state index contributed by atoms with van der Waals surface area (Å²) < 4.78 is 5.68. The van der Waals surface area contributed by atoms with Gasteiger partial charge < -0.3 is 14.7 Å². The molecule has 18 heavy (non-hydrogen) atoms. The fourth-order valence-electron chi connectivity index (χ4n) is 2.05. The zero-order valence-electron chi connectivity index (χ0n) is 10.4. The number of nitrogens with zero attached hydrogens (tertiary/aromatic N) is 1. The minimum absolute atomic E-state index is 0.0389. The number of benzene rings is 1. The van der Waals surface area contributed by atoms with E-state index >= 15 is 0 Å². The predicted octanol–water partition coefficient (Wildman–Crippen LogP) is 1.87. The minimum Gasteiger partial charge on any atom is -0.478 e. The van der Waals surface area contributed by atoms with E-state index in [-0.39, 0.29) is 12.5 Å². The second kappa shape index (κ2) is 5.23. The lowest BCUT2D eigenvalue weighted by atomic mass is 10.1. The average molecular weight is 247 g/mol. The summed E-state index contributed by atoms with van der Waals surface area (Å²) >= 11 is 0. The zero-order chi connectivity index (χ0) is 13.1. The monoisotopic (exact) mass is 247 g/mol. The van der Waals surface area contributed by atoms with Crippen LogP contribution < -0.4 is 9.64 Å². The molecule has 1 aromatic carbocycles. The van der Waals surface area contributed by atoms with Gasteiger partial charge in [-0.15, -0.1) is 6.58 Å². The third-order valence-corrected chi connectivity index (χ3v) is 2.99. The molecule has 0 saturated carbocycles. The van der Waals surface area contributed by atoms with Gasteiger partial charge in [0.2, 0.25) is 0 Å². The maximum atomic E-state index is 12.2. The molecule has 1 heterocycles. The van der Waals surface area contributed by atoms with Gasteiger partial charge in [-0.2, -0.15) is 0 Å². The van der Waals surface area contributed by atoms with Crippen LogP contribution in [0.15, 0.2) is 30.9 Å². The number of rotatable bonds is 4. The topological polar surface area (TPSA) is 49.8 Å². The molecule has 0 spiro atoms. The number of amides is 1. The van der Waals surface area contributed by atoms with Crippen LogP contribution in [0.5, 0.6) is 5.75 Å². The van der Waals surface area contributed by atoms with Gasteiger partial charge in [0.25, 0.3) is 5.91 Å².